The highest BCUT2D eigenvalue weighted by molar-refractivity contribution is 6.10. The maximum atomic E-state index is 13.7. The Kier molecular flexibility index (Phi) is 5.67. The minimum Gasteiger partial charge on any atom is -0.465 e. The van der Waals surface area contributed by atoms with Crippen LogP contribution in [-0.2, 0) is 14.3 Å². The molecule has 3 atom stereocenters. The molecule has 0 fully saturated rings. The second-order valence-electron chi connectivity index (χ2n) is 8.83. The van der Waals surface area contributed by atoms with Crippen LogP contribution in [0.2, 0.25) is 0 Å². The average molecular weight is 438 g/mol. The number of fused-ring (bicyclic) bond motifs is 1. The van der Waals surface area contributed by atoms with Crippen molar-refractivity contribution in [3.63, 3.8) is 0 Å². The predicted octanol–water partition coefficient (Wildman–Crippen LogP) is 5.98. The summed E-state index contributed by atoms with van der Waals surface area (Å²) < 4.78 is 5.47. The highest BCUT2D eigenvalue weighted by atomic mass is 16.5. The van der Waals surface area contributed by atoms with Crippen molar-refractivity contribution in [2.24, 2.45) is 10.9 Å². The third kappa shape index (κ3) is 3.80. The summed E-state index contributed by atoms with van der Waals surface area (Å²) in [6.07, 6.45) is 1.12. The highest BCUT2D eigenvalue weighted by Gasteiger charge is 2.45. The lowest BCUT2D eigenvalue weighted by Gasteiger charge is -2.37. The van der Waals surface area contributed by atoms with E-state index in [9.17, 15) is 9.59 Å². The molecule has 0 bridgehead atoms. The third-order valence-electron chi connectivity index (χ3n) is 6.86. The molecule has 2 aliphatic rings. The van der Waals surface area contributed by atoms with E-state index < -0.39 is 11.8 Å². The van der Waals surface area contributed by atoms with Gasteiger partial charge in [0.2, 0.25) is 0 Å². The van der Waals surface area contributed by atoms with Gasteiger partial charge in [0.1, 0.15) is 5.92 Å². The molecule has 3 aromatic rings. The number of hydrogen-bond acceptors (Lipinski definition) is 4. The Morgan fingerprint density at radius 2 is 1.70 bits per heavy atom. The Labute approximate surface area is 194 Å². The number of ether oxygens (including phenoxy) is 1. The zero-order chi connectivity index (χ0) is 22.9. The molecule has 4 nitrogen and oxygen atoms in total. The SMILES string of the molecule is CCOC(=O)C1C(C)=NC2=C(C(=O)C[C@@H](c3ccccc3)C2)[C@@H]1c1cccc2ccccc12. The minimum absolute atomic E-state index is 0.0774. The van der Waals surface area contributed by atoms with E-state index in [2.05, 4.69) is 30.3 Å². The summed E-state index contributed by atoms with van der Waals surface area (Å²) in [4.78, 5) is 31.7. The van der Waals surface area contributed by atoms with Gasteiger partial charge in [-0.05, 0) is 48.1 Å². The molecule has 0 aromatic heterocycles. The minimum atomic E-state index is -0.605. The molecule has 1 unspecified atom stereocenters. The number of carbonyl (C=O) groups is 2. The smallest absolute Gasteiger partial charge is 0.315 e. The summed E-state index contributed by atoms with van der Waals surface area (Å²) in [6, 6.07) is 24.4. The van der Waals surface area contributed by atoms with Crippen LogP contribution in [0.5, 0.6) is 0 Å². The van der Waals surface area contributed by atoms with Crippen molar-refractivity contribution in [3.8, 4) is 0 Å². The van der Waals surface area contributed by atoms with Crippen molar-refractivity contribution in [2.45, 2.75) is 38.5 Å². The summed E-state index contributed by atoms with van der Waals surface area (Å²) >= 11 is 0. The lowest BCUT2D eigenvalue weighted by molar-refractivity contribution is -0.146. The fourth-order valence-corrected chi connectivity index (χ4v) is 5.42. The number of allylic oxidation sites excluding steroid dienone is 2. The molecule has 0 N–H and O–H groups in total. The van der Waals surface area contributed by atoms with Crippen molar-refractivity contribution in [1.29, 1.82) is 0 Å². The Balaban J connectivity index is 1.68. The van der Waals surface area contributed by atoms with E-state index in [0.717, 1.165) is 27.6 Å². The summed E-state index contributed by atoms with van der Waals surface area (Å²) in [5, 5.41) is 2.14. The topological polar surface area (TPSA) is 55.7 Å². The largest absolute Gasteiger partial charge is 0.465 e. The molecule has 1 aliphatic carbocycles. The Hall–Kier alpha value is -3.53. The van der Waals surface area contributed by atoms with Gasteiger partial charge in [0.25, 0.3) is 0 Å². The molecular weight excluding hydrogens is 410 g/mol. The van der Waals surface area contributed by atoms with Crippen LogP contribution in [0.15, 0.2) is 89.1 Å². The van der Waals surface area contributed by atoms with Gasteiger partial charge in [0, 0.05) is 29.3 Å². The second kappa shape index (κ2) is 8.78. The zero-order valence-electron chi connectivity index (χ0n) is 19.0. The fourth-order valence-electron chi connectivity index (χ4n) is 5.42. The first-order valence-electron chi connectivity index (χ1n) is 11.6. The van der Waals surface area contributed by atoms with Gasteiger partial charge < -0.3 is 4.74 Å². The van der Waals surface area contributed by atoms with E-state index in [-0.39, 0.29) is 17.7 Å². The number of hydrogen-bond donors (Lipinski definition) is 0. The Morgan fingerprint density at radius 3 is 2.48 bits per heavy atom. The van der Waals surface area contributed by atoms with Crippen molar-refractivity contribution in [1.82, 2.24) is 0 Å². The molecule has 0 radical (unpaired) electrons. The first-order chi connectivity index (χ1) is 16.1. The van der Waals surface area contributed by atoms with E-state index in [0.29, 0.717) is 30.7 Å². The number of esters is 1. The van der Waals surface area contributed by atoms with Crippen LogP contribution in [0.25, 0.3) is 10.8 Å². The predicted molar refractivity (Wildman–Crippen MR) is 130 cm³/mol. The van der Waals surface area contributed by atoms with E-state index in [1.807, 2.05) is 49.4 Å². The maximum Gasteiger partial charge on any atom is 0.315 e. The number of nitrogens with zero attached hydrogens (tertiary/aromatic N) is 1. The van der Waals surface area contributed by atoms with E-state index in [4.69, 9.17) is 9.73 Å². The van der Waals surface area contributed by atoms with Crippen LogP contribution in [0.3, 0.4) is 0 Å². The fraction of sp³-hybridized carbons (Fsp3) is 0.276. The number of rotatable bonds is 4. The first kappa shape index (κ1) is 21.3. The Bertz CT molecular complexity index is 1280. The molecule has 0 spiro atoms. The summed E-state index contributed by atoms with van der Waals surface area (Å²) in [5.41, 5.74) is 4.35. The van der Waals surface area contributed by atoms with Crippen LogP contribution in [0.4, 0.5) is 0 Å². The molecule has 1 heterocycles. The van der Waals surface area contributed by atoms with Crippen molar-refractivity contribution < 1.29 is 14.3 Å². The quantitative estimate of drug-likeness (QED) is 0.472. The van der Waals surface area contributed by atoms with Gasteiger partial charge in [0.15, 0.2) is 5.78 Å². The number of benzene rings is 3. The van der Waals surface area contributed by atoms with Crippen LogP contribution in [-0.4, -0.2) is 24.1 Å². The molecule has 0 saturated carbocycles. The standard InChI is InChI=1S/C29H27NO3/c1-3-33-29(32)26-18(2)30-24-16-21(19-10-5-4-6-11-19)17-25(31)28(24)27(26)23-15-9-13-20-12-7-8-14-22(20)23/h4-15,21,26-27H,3,16-17H2,1-2H3/t21-,26?,27+/m0/s1. The van der Waals surface area contributed by atoms with Crippen LogP contribution >= 0.6 is 0 Å². The van der Waals surface area contributed by atoms with Gasteiger partial charge in [-0.3, -0.25) is 14.6 Å². The molecule has 33 heavy (non-hydrogen) atoms. The van der Waals surface area contributed by atoms with Gasteiger partial charge in [-0.1, -0.05) is 72.8 Å². The lowest BCUT2D eigenvalue weighted by Crippen LogP contribution is -2.38. The zero-order valence-corrected chi connectivity index (χ0v) is 19.0. The molecule has 5 rings (SSSR count). The van der Waals surface area contributed by atoms with Gasteiger partial charge in [-0.25, -0.2) is 0 Å². The molecule has 4 heteroatoms. The number of carbonyl (C=O) groups excluding carboxylic acids is 2. The van der Waals surface area contributed by atoms with Crippen LogP contribution in [0.1, 0.15) is 49.7 Å². The summed E-state index contributed by atoms with van der Waals surface area (Å²) in [5.74, 6) is -1.14. The van der Waals surface area contributed by atoms with Crippen LogP contribution in [0, 0.1) is 5.92 Å². The summed E-state index contributed by atoms with van der Waals surface area (Å²) in [7, 11) is 0. The average Bonchev–Trinajstić information content (AvgIpc) is 2.83. The van der Waals surface area contributed by atoms with E-state index in [1.165, 1.54) is 0 Å². The van der Waals surface area contributed by atoms with Crippen molar-refractivity contribution >= 4 is 28.2 Å². The van der Waals surface area contributed by atoms with Gasteiger partial charge in [-0.15, -0.1) is 0 Å². The molecule has 3 aromatic carbocycles. The number of aliphatic imine (C=N–C) groups is 1. The molecule has 0 amide bonds. The summed E-state index contributed by atoms with van der Waals surface area (Å²) in [6.45, 7) is 3.99. The monoisotopic (exact) mass is 437 g/mol. The van der Waals surface area contributed by atoms with Gasteiger partial charge in [-0.2, -0.15) is 0 Å². The van der Waals surface area contributed by atoms with Gasteiger partial charge >= 0.3 is 5.97 Å². The Morgan fingerprint density at radius 1 is 0.970 bits per heavy atom. The first-order valence-corrected chi connectivity index (χ1v) is 11.6. The molecule has 1 aliphatic heterocycles. The highest BCUT2D eigenvalue weighted by Crippen LogP contribution is 2.48. The van der Waals surface area contributed by atoms with E-state index in [1.54, 1.807) is 6.92 Å². The maximum absolute atomic E-state index is 13.7. The van der Waals surface area contributed by atoms with Gasteiger partial charge in [0.05, 0.1) is 6.61 Å². The van der Waals surface area contributed by atoms with Crippen LogP contribution < -0.4 is 0 Å². The third-order valence-corrected chi connectivity index (χ3v) is 6.86. The van der Waals surface area contributed by atoms with E-state index >= 15 is 0 Å². The number of ketones is 1. The number of Topliss-reactive ketones (excluding diaryl/α,β-unsaturated/α-hetero) is 1. The second-order valence-corrected chi connectivity index (χ2v) is 8.83. The molecular formula is C29H27NO3. The van der Waals surface area contributed by atoms with Crippen molar-refractivity contribution in [2.75, 3.05) is 6.61 Å². The lowest BCUT2D eigenvalue weighted by atomic mass is 9.68. The molecule has 166 valence electrons. The normalized spacial score (nSPS) is 22.7. The molecule has 0 saturated heterocycles. The van der Waals surface area contributed by atoms with Crippen molar-refractivity contribution in [3.05, 3.63) is 95.2 Å².